The maximum absolute atomic E-state index is 3.68. The summed E-state index contributed by atoms with van der Waals surface area (Å²) in [6.07, 6.45) is 7.05. The fourth-order valence-electron chi connectivity index (χ4n) is 4.08. The molecule has 1 N–H and O–H groups in total. The SMILES string of the molecule is CC(C)CN(CC1CCCN1)C1CCCC(C)C1C. The monoisotopic (exact) mass is 266 g/mol. The van der Waals surface area contributed by atoms with Crippen LogP contribution in [0, 0.1) is 17.8 Å². The summed E-state index contributed by atoms with van der Waals surface area (Å²) in [6, 6.07) is 1.58. The van der Waals surface area contributed by atoms with Gasteiger partial charge in [-0.25, -0.2) is 0 Å². The van der Waals surface area contributed by atoms with Gasteiger partial charge in [-0.15, -0.1) is 0 Å². The Hall–Kier alpha value is -0.0800. The summed E-state index contributed by atoms with van der Waals surface area (Å²) in [5.41, 5.74) is 0. The molecule has 2 aliphatic rings. The van der Waals surface area contributed by atoms with Gasteiger partial charge < -0.3 is 5.32 Å². The summed E-state index contributed by atoms with van der Waals surface area (Å²) >= 11 is 0. The Bertz CT molecular complexity index is 258. The quantitative estimate of drug-likeness (QED) is 0.819. The third-order valence-electron chi connectivity index (χ3n) is 5.35. The second-order valence-corrected chi connectivity index (χ2v) is 7.48. The standard InChI is InChI=1S/C17H34N2/c1-13(2)11-19(12-16-8-6-10-18-16)17-9-5-7-14(3)15(17)4/h13-18H,5-12H2,1-4H3. The fraction of sp³-hybridized carbons (Fsp3) is 1.00. The first kappa shape index (κ1) is 15.3. The summed E-state index contributed by atoms with van der Waals surface area (Å²) in [5.74, 6) is 2.56. The van der Waals surface area contributed by atoms with E-state index in [4.69, 9.17) is 0 Å². The van der Waals surface area contributed by atoms with Crippen molar-refractivity contribution in [2.75, 3.05) is 19.6 Å². The smallest absolute Gasteiger partial charge is 0.0195 e. The lowest BCUT2D eigenvalue weighted by molar-refractivity contribution is 0.0651. The molecule has 1 saturated carbocycles. The molecule has 0 amide bonds. The van der Waals surface area contributed by atoms with Gasteiger partial charge in [-0.2, -0.15) is 0 Å². The van der Waals surface area contributed by atoms with E-state index in [1.807, 2.05) is 0 Å². The molecule has 0 spiro atoms. The lowest BCUT2D eigenvalue weighted by atomic mass is 9.77. The summed E-state index contributed by atoms with van der Waals surface area (Å²) in [7, 11) is 0. The Morgan fingerprint density at radius 1 is 1.11 bits per heavy atom. The van der Waals surface area contributed by atoms with Gasteiger partial charge in [0.15, 0.2) is 0 Å². The van der Waals surface area contributed by atoms with E-state index >= 15 is 0 Å². The van der Waals surface area contributed by atoms with Crippen molar-refractivity contribution >= 4 is 0 Å². The topological polar surface area (TPSA) is 15.3 Å². The van der Waals surface area contributed by atoms with Crippen LogP contribution < -0.4 is 5.32 Å². The highest BCUT2D eigenvalue weighted by Gasteiger charge is 2.33. The summed E-state index contributed by atoms with van der Waals surface area (Å²) < 4.78 is 0. The molecule has 1 aliphatic heterocycles. The van der Waals surface area contributed by atoms with E-state index < -0.39 is 0 Å². The largest absolute Gasteiger partial charge is 0.313 e. The average molecular weight is 266 g/mol. The number of nitrogens with zero attached hydrogens (tertiary/aromatic N) is 1. The highest BCUT2D eigenvalue weighted by molar-refractivity contribution is 4.88. The van der Waals surface area contributed by atoms with Gasteiger partial charge in [0.2, 0.25) is 0 Å². The van der Waals surface area contributed by atoms with Crippen LogP contribution >= 0.6 is 0 Å². The van der Waals surface area contributed by atoms with Crippen molar-refractivity contribution in [3.05, 3.63) is 0 Å². The van der Waals surface area contributed by atoms with Crippen LogP contribution in [0.3, 0.4) is 0 Å². The molecular weight excluding hydrogens is 232 g/mol. The normalized spacial score (nSPS) is 36.3. The van der Waals surface area contributed by atoms with E-state index in [2.05, 4.69) is 37.9 Å². The first-order chi connectivity index (χ1) is 9.08. The molecule has 0 aromatic heterocycles. The Balaban J connectivity index is 1.98. The number of hydrogen-bond acceptors (Lipinski definition) is 2. The van der Waals surface area contributed by atoms with E-state index in [-0.39, 0.29) is 0 Å². The van der Waals surface area contributed by atoms with E-state index in [1.165, 1.54) is 51.7 Å². The summed E-state index contributed by atoms with van der Waals surface area (Å²) in [4.78, 5) is 2.83. The van der Waals surface area contributed by atoms with Gasteiger partial charge >= 0.3 is 0 Å². The molecule has 4 unspecified atom stereocenters. The van der Waals surface area contributed by atoms with E-state index in [0.29, 0.717) is 0 Å². The lowest BCUT2D eigenvalue weighted by Crippen LogP contribution is -2.49. The zero-order valence-corrected chi connectivity index (χ0v) is 13.5. The molecule has 2 fully saturated rings. The van der Waals surface area contributed by atoms with Gasteiger partial charge in [-0.1, -0.05) is 40.5 Å². The predicted molar refractivity (Wildman–Crippen MR) is 83.4 cm³/mol. The zero-order chi connectivity index (χ0) is 13.8. The third kappa shape index (κ3) is 4.19. The highest BCUT2D eigenvalue weighted by Crippen LogP contribution is 2.33. The van der Waals surface area contributed by atoms with Crippen LogP contribution in [0.5, 0.6) is 0 Å². The van der Waals surface area contributed by atoms with E-state index in [9.17, 15) is 0 Å². The highest BCUT2D eigenvalue weighted by atomic mass is 15.2. The Kier molecular flexibility index (Phi) is 5.70. The maximum Gasteiger partial charge on any atom is 0.0195 e. The molecule has 19 heavy (non-hydrogen) atoms. The van der Waals surface area contributed by atoms with Crippen molar-refractivity contribution in [1.29, 1.82) is 0 Å². The van der Waals surface area contributed by atoms with Gasteiger partial charge in [0.25, 0.3) is 0 Å². The molecule has 0 aromatic rings. The van der Waals surface area contributed by atoms with Crippen molar-refractivity contribution in [1.82, 2.24) is 10.2 Å². The first-order valence-electron chi connectivity index (χ1n) is 8.55. The summed E-state index contributed by atoms with van der Waals surface area (Å²) in [5, 5.41) is 3.68. The van der Waals surface area contributed by atoms with Crippen molar-refractivity contribution in [2.24, 2.45) is 17.8 Å². The van der Waals surface area contributed by atoms with Crippen LogP contribution in [0.1, 0.15) is 59.8 Å². The van der Waals surface area contributed by atoms with Crippen LogP contribution in [0.15, 0.2) is 0 Å². The zero-order valence-electron chi connectivity index (χ0n) is 13.5. The van der Waals surface area contributed by atoms with Gasteiger partial charge in [0.1, 0.15) is 0 Å². The predicted octanol–water partition coefficient (Wildman–Crippen LogP) is 3.52. The molecule has 1 saturated heterocycles. The minimum Gasteiger partial charge on any atom is -0.313 e. The molecule has 0 radical (unpaired) electrons. The molecule has 4 atom stereocenters. The van der Waals surface area contributed by atoms with Gasteiger partial charge in [-0.05, 0) is 43.6 Å². The second kappa shape index (κ2) is 7.08. The number of rotatable bonds is 5. The van der Waals surface area contributed by atoms with Gasteiger partial charge in [-0.3, -0.25) is 4.90 Å². The molecule has 0 aromatic carbocycles. The minimum absolute atomic E-state index is 0.753. The average Bonchev–Trinajstić information content (AvgIpc) is 2.84. The lowest BCUT2D eigenvalue weighted by Gasteiger charge is -2.43. The molecule has 2 nitrogen and oxygen atoms in total. The molecule has 1 heterocycles. The first-order valence-corrected chi connectivity index (χ1v) is 8.55. The summed E-state index contributed by atoms with van der Waals surface area (Å²) in [6.45, 7) is 13.5. The van der Waals surface area contributed by atoms with Crippen molar-refractivity contribution in [3.63, 3.8) is 0 Å². The Labute approximate surface area is 120 Å². The second-order valence-electron chi connectivity index (χ2n) is 7.48. The van der Waals surface area contributed by atoms with Crippen LogP contribution in [-0.4, -0.2) is 36.6 Å². The van der Waals surface area contributed by atoms with Crippen molar-refractivity contribution in [2.45, 2.75) is 71.9 Å². The molecule has 1 aliphatic carbocycles. The molecule has 2 rings (SSSR count). The van der Waals surface area contributed by atoms with Crippen molar-refractivity contribution < 1.29 is 0 Å². The van der Waals surface area contributed by atoms with Gasteiger partial charge in [0.05, 0.1) is 0 Å². The Morgan fingerprint density at radius 2 is 1.89 bits per heavy atom. The fourth-order valence-corrected chi connectivity index (χ4v) is 4.08. The van der Waals surface area contributed by atoms with Crippen LogP contribution in [-0.2, 0) is 0 Å². The molecule has 2 heteroatoms. The van der Waals surface area contributed by atoms with Crippen LogP contribution in [0.4, 0.5) is 0 Å². The molecular formula is C17H34N2. The third-order valence-corrected chi connectivity index (χ3v) is 5.35. The van der Waals surface area contributed by atoms with Crippen molar-refractivity contribution in [3.8, 4) is 0 Å². The number of hydrogen-bond donors (Lipinski definition) is 1. The molecule has 0 bridgehead atoms. The maximum atomic E-state index is 3.68. The number of nitrogens with one attached hydrogen (secondary N) is 1. The minimum atomic E-state index is 0.753. The Morgan fingerprint density at radius 3 is 2.53 bits per heavy atom. The van der Waals surface area contributed by atoms with Crippen LogP contribution in [0.2, 0.25) is 0 Å². The van der Waals surface area contributed by atoms with E-state index in [0.717, 1.165) is 29.8 Å². The van der Waals surface area contributed by atoms with Gasteiger partial charge in [0, 0.05) is 25.2 Å². The van der Waals surface area contributed by atoms with E-state index in [1.54, 1.807) is 0 Å². The van der Waals surface area contributed by atoms with Crippen LogP contribution in [0.25, 0.3) is 0 Å². The molecule has 112 valence electrons.